The van der Waals surface area contributed by atoms with Gasteiger partial charge in [0.1, 0.15) is 0 Å². The second-order valence-corrected chi connectivity index (χ2v) is 10.3. The lowest BCUT2D eigenvalue weighted by Gasteiger charge is -2.49. The molecule has 0 unspecified atom stereocenters. The van der Waals surface area contributed by atoms with Crippen molar-refractivity contribution >= 4 is 16.9 Å². The molecule has 1 heterocycles. The van der Waals surface area contributed by atoms with Gasteiger partial charge in [0, 0.05) is 11.5 Å². The van der Waals surface area contributed by atoms with Gasteiger partial charge >= 0.3 is 0 Å². The average molecular weight is 432 g/mol. The Balaban J connectivity index is 1.53. The smallest absolute Gasteiger partial charge is 0.184 e. The molecule has 0 radical (unpaired) electrons. The summed E-state index contributed by atoms with van der Waals surface area (Å²) in [4.78, 5) is 17.4. The first-order valence-corrected chi connectivity index (χ1v) is 12.5. The lowest BCUT2D eigenvalue weighted by Crippen LogP contribution is -2.59. The number of Topliss-reactive ketones (excluding diaryl/α,β-unsaturated/α-hetero) is 1. The predicted molar refractivity (Wildman–Crippen MR) is 133 cm³/mol. The number of nitrogens with zero attached hydrogens (tertiary/aromatic N) is 1. The third-order valence-electron chi connectivity index (χ3n) is 8.87. The van der Waals surface area contributed by atoms with Gasteiger partial charge in [0.05, 0.1) is 5.54 Å². The first-order chi connectivity index (χ1) is 16.3. The zero-order valence-corrected chi connectivity index (χ0v) is 18.9. The largest absolute Gasteiger partial charge is 0.292 e. The van der Waals surface area contributed by atoms with E-state index < -0.39 is 5.54 Å². The van der Waals surface area contributed by atoms with Crippen molar-refractivity contribution in [2.75, 3.05) is 13.1 Å². The fourth-order valence-electron chi connectivity index (χ4n) is 7.71. The molecule has 0 aromatic heterocycles. The minimum absolute atomic E-state index is 0.209. The van der Waals surface area contributed by atoms with Crippen LogP contribution in [0.2, 0.25) is 0 Å². The van der Waals surface area contributed by atoms with Crippen LogP contribution >= 0.6 is 0 Å². The fourth-order valence-corrected chi connectivity index (χ4v) is 7.71. The summed E-state index contributed by atoms with van der Waals surface area (Å²) in [6, 6.07) is 30.3. The molecule has 2 bridgehead atoms. The Labute approximate surface area is 195 Å². The molecule has 3 aromatic carbocycles. The summed E-state index contributed by atoms with van der Waals surface area (Å²) in [6.07, 6.45) is 4.53. The van der Waals surface area contributed by atoms with Crippen LogP contribution in [-0.2, 0) is 4.79 Å². The Hall–Kier alpha value is -2.97. The van der Waals surface area contributed by atoms with Crippen LogP contribution in [0.15, 0.2) is 84.9 Å². The van der Waals surface area contributed by atoms with Crippen molar-refractivity contribution in [2.45, 2.75) is 43.1 Å². The molecule has 4 atom stereocenters. The van der Waals surface area contributed by atoms with E-state index in [1.807, 2.05) is 6.07 Å². The number of carbonyl (C=O) groups excluding carboxylic acids is 1. The van der Waals surface area contributed by atoms with Crippen molar-refractivity contribution in [3.63, 3.8) is 0 Å². The topological polar surface area (TPSA) is 20.3 Å². The molecule has 2 nitrogen and oxygen atoms in total. The van der Waals surface area contributed by atoms with E-state index in [2.05, 4.69) is 83.8 Å². The molecule has 33 heavy (non-hydrogen) atoms. The molecule has 0 spiro atoms. The Bertz CT molecular complexity index is 1250. The lowest BCUT2D eigenvalue weighted by molar-refractivity contribution is -0.128. The van der Waals surface area contributed by atoms with Gasteiger partial charge in [-0.15, -0.1) is 0 Å². The van der Waals surface area contributed by atoms with E-state index in [1.165, 1.54) is 41.5 Å². The maximum Gasteiger partial charge on any atom is 0.184 e. The van der Waals surface area contributed by atoms with Crippen molar-refractivity contribution in [1.82, 2.24) is 4.90 Å². The minimum Gasteiger partial charge on any atom is -0.292 e. The van der Waals surface area contributed by atoms with Crippen LogP contribution in [0.5, 0.6) is 0 Å². The zero-order valence-electron chi connectivity index (χ0n) is 18.9. The molecule has 7 rings (SSSR count). The summed E-state index contributed by atoms with van der Waals surface area (Å²) < 4.78 is 0. The second-order valence-electron chi connectivity index (χ2n) is 10.3. The summed E-state index contributed by atoms with van der Waals surface area (Å²) in [7, 11) is 0. The van der Waals surface area contributed by atoms with Gasteiger partial charge in [-0.3, -0.25) is 9.69 Å². The van der Waals surface area contributed by atoms with Crippen molar-refractivity contribution in [1.29, 1.82) is 0 Å². The molecule has 1 saturated heterocycles. The summed E-state index contributed by atoms with van der Waals surface area (Å²) in [5, 5.41) is 0. The van der Waals surface area contributed by atoms with Gasteiger partial charge in [-0.25, -0.2) is 0 Å². The molecule has 2 heteroatoms. The molecule has 0 N–H and O–H groups in total. The third kappa shape index (κ3) is 2.62. The summed E-state index contributed by atoms with van der Waals surface area (Å²) >= 11 is 0. The molecular formula is C31H29NO. The first kappa shape index (κ1) is 19.5. The van der Waals surface area contributed by atoms with E-state index in [1.54, 1.807) is 0 Å². The highest BCUT2D eigenvalue weighted by Gasteiger charge is 2.65. The molecule has 1 saturated carbocycles. The first-order valence-electron chi connectivity index (χ1n) is 12.5. The van der Waals surface area contributed by atoms with Gasteiger partial charge < -0.3 is 0 Å². The Morgan fingerprint density at radius 1 is 0.727 bits per heavy atom. The van der Waals surface area contributed by atoms with E-state index in [-0.39, 0.29) is 5.92 Å². The highest BCUT2D eigenvalue weighted by molar-refractivity contribution is 6.36. The van der Waals surface area contributed by atoms with E-state index in [4.69, 9.17) is 0 Å². The SMILES string of the molecule is O=C1C(c2ccccc2)=C(c2ccccc2)[C@H]2[C@@H]3C[C@H](C[C@]12N1CCCC1)c1ccccc13. The van der Waals surface area contributed by atoms with Crippen molar-refractivity contribution in [2.24, 2.45) is 5.92 Å². The summed E-state index contributed by atoms with van der Waals surface area (Å²) in [6.45, 7) is 2.09. The van der Waals surface area contributed by atoms with E-state index >= 15 is 0 Å². The van der Waals surface area contributed by atoms with Crippen LogP contribution in [0, 0.1) is 5.92 Å². The van der Waals surface area contributed by atoms with Gasteiger partial charge in [0.25, 0.3) is 0 Å². The monoisotopic (exact) mass is 431 g/mol. The zero-order chi connectivity index (χ0) is 22.0. The van der Waals surface area contributed by atoms with Crippen LogP contribution in [0.3, 0.4) is 0 Å². The van der Waals surface area contributed by atoms with Gasteiger partial charge in [0.15, 0.2) is 5.78 Å². The molecule has 2 fully saturated rings. The fraction of sp³-hybridized carbons (Fsp3) is 0.323. The van der Waals surface area contributed by atoms with Crippen molar-refractivity contribution in [3.05, 3.63) is 107 Å². The normalized spacial score (nSPS) is 30.5. The van der Waals surface area contributed by atoms with Crippen LogP contribution in [0.25, 0.3) is 11.1 Å². The van der Waals surface area contributed by atoms with E-state index in [0.717, 1.165) is 30.6 Å². The maximum atomic E-state index is 14.8. The lowest BCUT2D eigenvalue weighted by atomic mass is 9.63. The number of fused-ring (bicyclic) bond motifs is 7. The Morgan fingerprint density at radius 3 is 2.03 bits per heavy atom. The predicted octanol–water partition coefficient (Wildman–Crippen LogP) is 6.31. The number of likely N-dealkylation sites (tertiary alicyclic amines) is 1. The van der Waals surface area contributed by atoms with Crippen LogP contribution in [-0.4, -0.2) is 29.3 Å². The molecular weight excluding hydrogens is 402 g/mol. The maximum absolute atomic E-state index is 14.8. The summed E-state index contributed by atoms with van der Waals surface area (Å²) in [5.74, 6) is 1.47. The van der Waals surface area contributed by atoms with Crippen LogP contribution in [0.4, 0.5) is 0 Å². The molecule has 0 amide bonds. The highest BCUT2D eigenvalue weighted by Crippen LogP contribution is 2.66. The standard InChI is InChI=1S/C31H29NO/c33-30-28(22-13-5-2-6-14-22)27(21-11-3-1-4-12-21)29-26-19-23(24-15-7-8-16-25(24)26)20-31(29,30)32-17-9-10-18-32/h1-8,11-16,23,26,29H,9-10,17-20H2/t23-,26-,29-,31-/m1/s1. The third-order valence-corrected chi connectivity index (χ3v) is 8.87. The highest BCUT2D eigenvalue weighted by atomic mass is 16.1. The molecule has 4 aliphatic rings. The minimum atomic E-state index is -0.417. The van der Waals surface area contributed by atoms with Gasteiger partial charge in [0.2, 0.25) is 0 Å². The number of benzene rings is 3. The average Bonchev–Trinajstić information content (AvgIpc) is 3.58. The quantitative estimate of drug-likeness (QED) is 0.485. The molecule has 1 aliphatic heterocycles. The molecule has 3 aromatic rings. The van der Waals surface area contributed by atoms with Crippen molar-refractivity contribution in [3.8, 4) is 0 Å². The van der Waals surface area contributed by atoms with Gasteiger partial charge in [-0.05, 0) is 78.4 Å². The number of hydrogen-bond donors (Lipinski definition) is 0. The number of carbonyl (C=O) groups is 1. The number of rotatable bonds is 3. The van der Waals surface area contributed by atoms with Crippen LogP contribution < -0.4 is 0 Å². The Morgan fingerprint density at radius 2 is 1.33 bits per heavy atom. The van der Waals surface area contributed by atoms with Gasteiger partial charge in [-0.1, -0.05) is 84.9 Å². The molecule has 164 valence electrons. The summed E-state index contributed by atoms with van der Waals surface area (Å²) in [5.41, 5.74) is 7.14. The van der Waals surface area contributed by atoms with Gasteiger partial charge in [-0.2, -0.15) is 0 Å². The number of ketones is 1. The second kappa shape index (κ2) is 7.27. The van der Waals surface area contributed by atoms with Crippen molar-refractivity contribution < 1.29 is 4.79 Å². The van der Waals surface area contributed by atoms with E-state index in [9.17, 15) is 4.79 Å². The van der Waals surface area contributed by atoms with Crippen LogP contribution in [0.1, 0.15) is 59.8 Å². The number of hydrogen-bond acceptors (Lipinski definition) is 2. The molecule has 3 aliphatic carbocycles. The van der Waals surface area contributed by atoms with E-state index in [0.29, 0.717) is 17.6 Å². The Kier molecular flexibility index (Phi) is 4.29.